The van der Waals surface area contributed by atoms with Crippen LogP contribution in [-0.4, -0.2) is 53.6 Å². The molecule has 0 aliphatic carbocycles. The van der Waals surface area contributed by atoms with E-state index in [0.29, 0.717) is 43.6 Å². The van der Waals surface area contributed by atoms with E-state index >= 15 is 0 Å². The minimum Gasteiger partial charge on any atom is -0.378 e. The number of ether oxygens (including phenoxy) is 1. The topological polar surface area (TPSA) is 70.6 Å². The molecule has 0 spiro atoms. The molecule has 0 unspecified atom stereocenters. The molecule has 1 aliphatic heterocycles. The predicted octanol–water partition coefficient (Wildman–Crippen LogP) is 4.28. The molecule has 2 heterocycles. The third-order valence-corrected chi connectivity index (χ3v) is 5.40. The van der Waals surface area contributed by atoms with Crippen molar-refractivity contribution in [3.8, 4) is 0 Å². The summed E-state index contributed by atoms with van der Waals surface area (Å²) in [6.45, 7) is 5.67. The highest BCUT2D eigenvalue weighted by atomic mass is 16.5. The fraction of sp³-hybridized carbons (Fsp3) is 0.269. The van der Waals surface area contributed by atoms with Crippen molar-refractivity contribution in [1.29, 1.82) is 0 Å². The van der Waals surface area contributed by atoms with Gasteiger partial charge < -0.3 is 19.9 Å². The number of allylic oxidation sites excluding steroid dienone is 1. The van der Waals surface area contributed by atoms with Gasteiger partial charge in [-0.1, -0.05) is 60.7 Å². The summed E-state index contributed by atoms with van der Waals surface area (Å²) in [6, 6.07) is 19.7. The van der Waals surface area contributed by atoms with Gasteiger partial charge in [-0.15, -0.1) is 0 Å². The number of anilines is 3. The van der Waals surface area contributed by atoms with Crippen LogP contribution in [0.1, 0.15) is 22.8 Å². The summed E-state index contributed by atoms with van der Waals surface area (Å²) in [5.41, 5.74) is 2.37. The van der Waals surface area contributed by atoms with Crippen molar-refractivity contribution in [2.75, 3.05) is 43.1 Å². The molecule has 3 aromatic rings. The molecule has 0 saturated carbocycles. The van der Waals surface area contributed by atoms with E-state index < -0.39 is 0 Å². The van der Waals surface area contributed by atoms with Gasteiger partial charge in [0.05, 0.1) is 13.2 Å². The number of hydrogen-bond donors (Lipinski definition) is 1. The Morgan fingerprint density at radius 3 is 2.48 bits per heavy atom. The molecular weight excluding hydrogens is 414 g/mol. The quantitative estimate of drug-likeness (QED) is 0.524. The summed E-state index contributed by atoms with van der Waals surface area (Å²) in [7, 11) is 0. The second-order valence-corrected chi connectivity index (χ2v) is 7.76. The molecule has 1 fully saturated rings. The van der Waals surface area contributed by atoms with Crippen LogP contribution in [0.5, 0.6) is 0 Å². The minimum absolute atomic E-state index is 0.121. The van der Waals surface area contributed by atoms with Crippen molar-refractivity contribution in [1.82, 2.24) is 14.9 Å². The maximum atomic E-state index is 13.7. The normalized spacial score (nSPS) is 13.8. The van der Waals surface area contributed by atoms with E-state index in [1.54, 1.807) is 11.1 Å². The van der Waals surface area contributed by atoms with E-state index in [-0.39, 0.29) is 5.91 Å². The standard InChI is InChI=1S/C26H29N5O2/c1-2-3-14-31(20-21-10-6-4-7-11-21)25(32)23-19-27-26(30-15-17-33-18-16-30)29-24(23)28-22-12-8-5-9-13-22/h2-13,19H,14-18,20H2,1H3,(H,27,28,29)/b3-2+. The van der Waals surface area contributed by atoms with E-state index in [1.165, 1.54) is 0 Å². The second kappa shape index (κ2) is 11.2. The number of aromatic nitrogens is 2. The highest BCUT2D eigenvalue weighted by Crippen LogP contribution is 2.23. The third kappa shape index (κ3) is 5.96. The smallest absolute Gasteiger partial charge is 0.259 e. The van der Waals surface area contributed by atoms with E-state index in [0.717, 1.165) is 24.3 Å². The van der Waals surface area contributed by atoms with E-state index in [4.69, 9.17) is 9.72 Å². The van der Waals surface area contributed by atoms with Gasteiger partial charge in [0.2, 0.25) is 5.95 Å². The highest BCUT2D eigenvalue weighted by Gasteiger charge is 2.23. The number of amides is 1. The molecule has 4 rings (SSSR count). The van der Waals surface area contributed by atoms with Gasteiger partial charge in [0.1, 0.15) is 11.4 Å². The van der Waals surface area contributed by atoms with Gasteiger partial charge in [0.25, 0.3) is 5.91 Å². The van der Waals surface area contributed by atoms with Crippen molar-refractivity contribution in [3.05, 3.63) is 90.1 Å². The summed E-state index contributed by atoms with van der Waals surface area (Å²) >= 11 is 0. The summed E-state index contributed by atoms with van der Waals surface area (Å²) in [6.07, 6.45) is 5.57. The zero-order chi connectivity index (χ0) is 22.9. The summed E-state index contributed by atoms with van der Waals surface area (Å²) in [5, 5.41) is 3.33. The lowest BCUT2D eigenvalue weighted by molar-refractivity contribution is 0.0762. The number of benzene rings is 2. The number of carbonyl (C=O) groups is 1. The van der Waals surface area contributed by atoms with Crippen molar-refractivity contribution in [2.45, 2.75) is 13.5 Å². The Hall–Kier alpha value is -3.71. The van der Waals surface area contributed by atoms with Crippen molar-refractivity contribution in [3.63, 3.8) is 0 Å². The van der Waals surface area contributed by atoms with Crippen LogP contribution in [0.15, 0.2) is 79.0 Å². The summed E-state index contributed by atoms with van der Waals surface area (Å²) in [5.74, 6) is 0.974. The van der Waals surface area contributed by atoms with E-state index in [2.05, 4.69) is 15.2 Å². The van der Waals surface area contributed by atoms with E-state index in [1.807, 2.05) is 79.7 Å². The summed E-state index contributed by atoms with van der Waals surface area (Å²) in [4.78, 5) is 26.9. The number of carbonyl (C=O) groups excluding carboxylic acids is 1. The Kier molecular flexibility index (Phi) is 7.66. The number of morpholine rings is 1. The van der Waals surface area contributed by atoms with Crippen LogP contribution in [-0.2, 0) is 11.3 Å². The Morgan fingerprint density at radius 2 is 1.79 bits per heavy atom. The van der Waals surface area contributed by atoms with Crippen LogP contribution in [0.4, 0.5) is 17.5 Å². The maximum Gasteiger partial charge on any atom is 0.259 e. The van der Waals surface area contributed by atoms with Gasteiger partial charge in [-0.25, -0.2) is 4.98 Å². The van der Waals surface area contributed by atoms with E-state index in [9.17, 15) is 4.79 Å². The van der Waals surface area contributed by atoms with Gasteiger partial charge in [-0.3, -0.25) is 4.79 Å². The van der Waals surface area contributed by atoms with Gasteiger partial charge >= 0.3 is 0 Å². The molecule has 0 bridgehead atoms. The number of para-hydroxylation sites is 1. The lowest BCUT2D eigenvalue weighted by Crippen LogP contribution is -2.37. The largest absolute Gasteiger partial charge is 0.378 e. The number of nitrogens with one attached hydrogen (secondary N) is 1. The molecule has 33 heavy (non-hydrogen) atoms. The molecule has 0 atom stereocenters. The number of nitrogens with zero attached hydrogens (tertiary/aromatic N) is 4. The second-order valence-electron chi connectivity index (χ2n) is 7.76. The minimum atomic E-state index is -0.121. The fourth-order valence-corrected chi connectivity index (χ4v) is 3.62. The monoisotopic (exact) mass is 443 g/mol. The highest BCUT2D eigenvalue weighted by molar-refractivity contribution is 5.99. The van der Waals surface area contributed by atoms with Crippen molar-refractivity contribution >= 4 is 23.4 Å². The van der Waals surface area contributed by atoms with Gasteiger partial charge in [-0.2, -0.15) is 4.98 Å². The first-order chi connectivity index (χ1) is 16.2. The molecule has 1 aliphatic rings. The maximum absolute atomic E-state index is 13.7. The van der Waals surface area contributed by atoms with Gasteiger partial charge in [0, 0.05) is 38.1 Å². The van der Waals surface area contributed by atoms with Crippen LogP contribution in [0.2, 0.25) is 0 Å². The van der Waals surface area contributed by atoms with Crippen LogP contribution in [0.25, 0.3) is 0 Å². The van der Waals surface area contributed by atoms with Gasteiger partial charge in [-0.05, 0) is 24.6 Å². The first-order valence-corrected chi connectivity index (χ1v) is 11.2. The third-order valence-electron chi connectivity index (χ3n) is 5.40. The Balaban J connectivity index is 1.67. The Morgan fingerprint density at radius 1 is 1.09 bits per heavy atom. The fourth-order valence-electron chi connectivity index (χ4n) is 3.62. The molecule has 7 heteroatoms. The molecular formula is C26H29N5O2. The molecule has 1 saturated heterocycles. The lowest BCUT2D eigenvalue weighted by atomic mass is 10.2. The van der Waals surface area contributed by atoms with Crippen LogP contribution < -0.4 is 10.2 Å². The van der Waals surface area contributed by atoms with Crippen molar-refractivity contribution in [2.24, 2.45) is 0 Å². The zero-order valence-corrected chi connectivity index (χ0v) is 18.9. The van der Waals surface area contributed by atoms with Gasteiger partial charge in [0.15, 0.2) is 0 Å². The molecule has 1 amide bonds. The average Bonchev–Trinajstić information content (AvgIpc) is 2.88. The molecule has 1 N–H and O–H groups in total. The van der Waals surface area contributed by atoms with Crippen LogP contribution in [0.3, 0.4) is 0 Å². The predicted molar refractivity (Wildman–Crippen MR) is 131 cm³/mol. The molecule has 2 aromatic carbocycles. The SMILES string of the molecule is C/C=C/CN(Cc1ccccc1)C(=O)c1cnc(N2CCOCC2)nc1Nc1ccccc1. The average molecular weight is 444 g/mol. The molecule has 170 valence electrons. The Labute approximate surface area is 194 Å². The number of hydrogen-bond acceptors (Lipinski definition) is 6. The first kappa shape index (κ1) is 22.5. The first-order valence-electron chi connectivity index (χ1n) is 11.2. The zero-order valence-electron chi connectivity index (χ0n) is 18.9. The Bertz CT molecular complexity index is 1070. The molecule has 1 aromatic heterocycles. The molecule has 7 nitrogen and oxygen atoms in total. The summed E-state index contributed by atoms with van der Waals surface area (Å²) < 4.78 is 5.45. The lowest BCUT2D eigenvalue weighted by Gasteiger charge is -2.28. The molecule has 0 radical (unpaired) electrons. The van der Waals surface area contributed by atoms with Crippen LogP contribution >= 0.6 is 0 Å². The number of rotatable bonds is 8. The van der Waals surface area contributed by atoms with Crippen molar-refractivity contribution < 1.29 is 9.53 Å². The van der Waals surface area contributed by atoms with Crippen LogP contribution in [0, 0.1) is 0 Å².